The number of aryl methyl sites for hydroxylation is 1. The molecule has 11 aromatic carbocycles. The second-order valence-corrected chi connectivity index (χ2v) is 19.9. The second kappa shape index (κ2) is 12.8. The van der Waals surface area contributed by atoms with Crippen molar-refractivity contribution in [1.29, 1.82) is 0 Å². The van der Waals surface area contributed by atoms with Gasteiger partial charge < -0.3 is 0 Å². The quantitative estimate of drug-likeness (QED) is 0.155. The van der Waals surface area contributed by atoms with Crippen molar-refractivity contribution in [2.45, 2.75) is 45.4 Å². The molecule has 0 aliphatic heterocycles. The van der Waals surface area contributed by atoms with Gasteiger partial charge >= 0.3 is 0 Å². The molecule has 0 N–H and O–H groups in total. The summed E-state index contributed by atoms with van der Waals surface area (Å²) in [6.07, 6.45) is 0. The van der Waals surface area contributed by atoms with Crippen LogP contribution in [0.15, 0.2) is 188 Å². The SMILES string of the molecule is Cc1cc2c(-c3ccc4c5c(cccc35)-c3ccccc3-4)c3cc4c(cc3c(-c3ccc5c6c(cccc36)-c3ccccc3-5)c2cc1C(C)(C)c1ccccc1)C(C)(C)c1ccccc1-4. The third kappa shape index (κ3) is 4.77. The summed E-state index contributed by atoms with van der Waals surface area (Å²) < 4.78 is 0. The number of rotatable bonds is 4. The summed E-state index contributed by atoms with van der Waals surface area (Å²) in [5.74, 6) is 0. The lowest BCUT2D eigenvalue weighted by Gasteiger charge is -2.30. The van der Waals surface area contributed by atoms with Crippen molar-refractivity contribution in [3.63, 3.8) is 0 Å². The van der Waals surface area contributed by atoms with E-state index in [1.165, 1.54) is 149 Å². The minimum atomic E-state index is -0.245. The van der Waals surface area contributed by atoms with Crippen molar-refractivity contribution in [2.75, 3.05) is 0 Å². The fourth-order valence-electron chi connectivity index (χ4n) is 12.9. The molecule has 0 nitrogen and oxygen atoms in total. The molecule has 0 bridgehead atoms. The van der Waals surface area contributed by atoms with E-state index in [2.05, 4.69) is 223 Å². The summed E-state index contributed by atoms with van der Waals surface area (Å²) in [6, 6.07) is 72.1. The molecule has 0 saturated carbocycles. The van der Waals surface area contributed by atoms with Crippen LogP contribution in [0, 0.1) is 6.92 Å². The summed E-state index contributed by atoms with van der Waals surface area (Å²) in [5.41, 5.74) is 24.8. The molecule has 0 amide bonds. The Kier molecular flexibility index (Phi) is 7.27. The van der Waals surface area contributed by atoms with Crippen LogP contribution in [0.3, 0.4) is 0 Å². The molecular formula is C65H46. The molecule has 0 aromatic heterocycles. The van der Waals surface area contributed by atoms with Gasteiger partial charge in [-0.05, 0) is 174 Å². The van der Waals surface area contributed by atoms with Crippen LogP contribution in [-0.2, 0) is 10.8 Å². The normalized spacial score (nSPS) is 13.7. The van der Waals surface area contributed by atoms with Gasteiger partial charge in [-0.1, -0.05) is 198 Å². The molecule has 0 saturated heterocycles. The Balaban J connectivity index is 1.19. The van der Waals surface area contributed by atoms with E-state index in [0.717, 1.165) is 0 Å². The van der Waals surface area contributed by atoms with E-state index in [1.807, 2.05) is 0 Å². The Morgan fingerprint density at radius 1 is 0.323 bits per heavy atom. The largest absolute Gasteiger partial charge is 0.0622 e. The van der Waals surface area contributed by atoms with Gasteiger partial charge in [0.15, 0.2) is 0 Å². The Hall–Kier alpha value is -7.54. The zero-order chi connectivity index (χ0) is 43.5. The van der Waals surface area contributed by atoms with Gasteiger partial charge in [-0.15, -0.1) is 0 Å². The molecule has 0 unspecified atom stereocenters. The van der Waals surface area contributed by atoms with Gasteiger partial charge in [0.25, 0.3) is 0 Å². The highest BCUT2D eigenvalue weighted by Gasteiger charge is 2.37. The average Bonchev–Trinajstić information content (AvgIpc) is 3.92. The predicted octanol–water partition coefficient (Wildman–Crippen LogP) is 17.9. The Labute approximate surface area is 380 Å². The highest BCUT2D eigenvalue weighted by molar-refractivity contribution is 6.30. The first kappa shape index (κ1) is 36.9. The van der Waals surface area contributed by atoms with Gasteiger partial charge in [-0.2, -0.15) is 0 Å². The Morgan fingerprint density at radius 3 is 1.32 bits per heavy atom. The van der Waals surface area contributed by atoms with Crippen LogP contribution in [0.25, 0.3) is 121 Å². The molecular weight excluding hydrogens is 781 g/mol. The fourth-order valence-corrected chi connectivity index (χ4v) is 12.9. The van der Waals surface area contributed by atoms with E-state index in [1.54, 1.807) is 0 Å². The monoisotopic (exact) mass is 826 g/mol. The van der Waals surface area contributed by atoms with E-state index in [-0.39, 0.29) is 10.8 Å². The molecule has 0 fully saturated rings. The average molecular weight is 827 g/mol. The molecule has 65 heavy (non-hydrogen) atoms. The van der Waals surface area contributed by atoms with E-state index >= 15 is 0 Å². The summed E-state index contributed by atoms with van der Waals surface area (Å²) in [7, 11) is 0. The molecule has 0 heterocycles. The van der Waals surface area contributed by atoms with Crippen LogP contribution in [0.2, 0.25) is 0 Å². The zero-order valence-electron chi connectivity index (χ0n) is 37.4. The zero-order valence-corrected chi connectivity index (χ0v) is 37.4. The number of fused-ring (bicyclic) bond motifs is 11. The highest BCUT2D eigenvalue weighted by Crippen LogP contribution is 2.58. The molecule has 0 spiro atoms. The first-order valence-electron chi connectivity index (χ1n) is 23.3. The van der Waals surface area contributed by atoms with Gasteiger partial charge in [0.2, 0.25) is 0 Å². The van der Waals surface area contributed by atoms with E-state index in [0.29, 0.717) is 0 Å². The lowest BCUT2D eigenvalue weighted by molar-refractivity contribution is 0.637. The van der Waals surface area contributed by atoms with Crippen LogP contribution in [0.1, 0.15) is 55.5 Å². The van der Waals surface area contributed by atoms with Gasteiger partial charge in [0.1, 0.15) is 0 Å². The molecule has 0 heteroatoms. The lowest BCUT2D eigenvalue weighted by atomic mass is 9.73. The fraction of sp³-hybridized carbons (Fsp3) is 0.108. The summed E-state index contributed by atoms with van der Waals surface area (Å²) >= 11 is 0. The topological polar surface area (TPSA) is 0 Å². The predicted molar refractivity (Wildman–Crippen MR) is 277 cm³/mol. The molecule has 0 radical (unpaired) electrons. The van der Waals surface area contributed by atoms with Crippen LogP contribution >= 0.6 is 0 Å². The van der Waals surface area contributed by atoms with Gasteiger partial charge in [0.05, 0.1) is 0 Å². The van der Waals surface area contributed by atoms with E-state index < -0.39 is 0 Å². The first-order valence-corrected chi connectivity index (χ1v) is 23.3. The van der Waals surface area contributed by atoms with Crippen molar-refractivity contribution < 1.29 is 0 Å². The molecule has 11 aromatic rings. The maximum absolute atomic E-state index is 2.61. The first-order chi connectivity index (χ1) is 31.7. The van der Waals surface area contributed by atoms with Gasteiger partial charge in [-0.25, -0.2) is 0 Å². The van der Waals surface area contributed by atoms with Crippen molar-refractivity contribution in [3.8, 4) is 77.9 Å². The van der Waals surface area contributed by atoms with Crippen molar-refractivity contribution >= 4 is 43.1 Å². The van der Waals surface area contributed by atoms with E-state index in [4.69, 9.17) is 0 Å². The van der Waals surface area contributed by atoms with Crippen molar-refractivity contribution in [3.05, 3.63) is 216 Å². The second-order valence-electron chi connectivity index (χ2n) is 19.9. The minimum absolute atomic E-state index is 0.169. The van der Waals surface area contributed by atoms with Gasteiger partial charge in [0, 0.05) is 10.8 Å². The number of benzene rings is 11. The standard InChI is InChI=1S/C65H46/c1-37-33-53-55(35-58(37)64(2,3)38-17-7-6-8-18-38)63(51-32-30-49-42-22-12-10-20-40(42)45-25-16-27-47(51)61(45)49)56-36-59-52(43-23-13-14-28-57(43)65(59,4)5)34-54(56)62(53)50-31-29-48-41-21-11-9-19-39(41)44-24-15-26-46(50)60(44)48/h6-36H,1-5H3. The molecule has 14 rings (SSSR count). The third-order valence-electron chi connectivity index (χ3n) is 16.0. The molecule has 306 valence electrons. The maximum atomic E-state index is 2.61. The smallest absolute Gasteiger partial charge is 0.0159 e. The van der Waals surface area contributed by atoms with Crippen LogP contribution in [-0.4, -0.2) is 0 Å². The van der Waals surface area contributed by atoms with E-state index in [9.17, 15) is 0 Å². The number of hydrogen-bond donors (Lipinski definition) is 0. The maximum Gasteiger partial charge on any atom is 0.0159 e. The molecule has 3 aliphatic rings. The Morgan fingerprint density at radius 2 is 0.754 bits per heavy atom. The molecule has 3 aliphatic carbocycles. The van der Waals surface area contributed by atoms with Crippen molar-refractivity contribution in [2.24, 2.45) is 0 Å². The van der Waals surface area contributed by atoms with Crippen LogP contribution in [0.4, 0.5) is 0 Å². The third-order valence-corrected chi connectivity index (χ3v) is 16.0. The summed E-state index contributed by atoms with van der Waals surface area (Å²) in [4.78, 5) is 0. The van der Waals surface area contributed by atoms with Crippen LogP contribution < -0.4 is 0 Å². The van der Waals surface area contributed by atoms with Gasteiger partial charge in [-0.3, -0.25) is 0 Å². The highest BCUT2D eigenvalue weighted by atomic mass is 14.4. The minimum Gasteiger partial charge on any atom is -0.0622 e. The lowest BCUT2D eigenvalue weighted by Crippen LogP contribution is -2.20. The van der Waals surface area contributed by atoms with Crippen molar-refractivity contribution in [1.82, 2.24) is 0 Å². The molecule has 0 atom stereocenters. The Bertz CT molecular complexity index is 3870. The summed E-state index contributed by atoms with van der Waals surface area (Å²) in [6.45, 7) is 12.0. The van der Waals surface area contributed by atoms with Crippen LogP contribution in [0.5, 0.6) is 0 Å². The number of hydrogen-bond acceptors (Lipinski definition) is 0. The summed E-state index contributed by atoms with van der Waals surface area (Å²) in [5, 5.41) is 10.5.